The Morgan fingerprint density at radius 3 is 2.53 bits per heavy atom. The lowest BCUT2D eigenvalue weighted by atomic mass is 10.1. The molecule has 0 radical (unpaired) electrons. The molecule has 1 heterocycles. The molecule has 1 atom stereocenters. The van der Waals surface area contributed by atoms with Crippen LogP contribution in [0.2, 0.25) is 0 Å². The molecule has 10 heteroatoms. The van der Waals surface area contributed by atoms with E-state index in [-0.39, 0.29) is 5.69 Å². The summed E-state index contributed by atoms with van der Waals surface area (Å²) in [6.45, 7) is 1.46. The van der Waals surface area contributed by atoms with Crippen molar-refractivity contribution in [2.45, 2.75) is 13.0 Å². The molecule has 154 valence electrons. The van der Waals surface area contributed by atoms with Gasteiger partial charge in [-0.25, -0.2) is 4.68 Å². The number of benzene rings is 2. The van der Waals surface area contributed by atoms with Crippen LogP contribution in [-0.4, -0.2) is 27.7 Å². The summed E-state index contributed by atoms with van der Waals surface area (Å²) in [7, 11) is 1.55. The third-order valence-electron chi connectivity index (χ3n) is 4.37. The normalized spacial score (nSPS) is 11.6. The highest BCUT2D eigenvalue weighted by Crippen LogP contribution is 2.23. The van der Waals surface area contributed by atoms with Crippen molar-refractivity contribution >= 4 is 17.3 Å². The molecule has 0 fully saturated rings. The predicted molar refractivity (Wildman–Crippen MR) is 107 cm³/mol. The van der Waals surface area contributed by atoms with Gasteiger partial charge in [-0.2, -0.15) is 9.49 Å². The van der Waals surface area contributed by atoms with E-state index in [4.69, 9.17) is 4.74 Å². The van der Waals surface area contributed by atoms with Gasteiger partial charge in [-0.1, -0.05) is 0 Å². The SMILES string of the molecule is COc1ccc(-c2ccc(=O)n(C(C)C(=O)Nc3ccc(F)c([N+](=O)[O-])c3)n2)cc1. The highest BCUT2D eigenvalue weighted by molar-refractivity contribution is 5.93. The Hall–Kier alpha value is -4.08. The van der Waals surface area contributed by atoms with Gasteiger partial charge in [0.05, 0.1) is 17.7 Å². The summed E-state index contributed by atoms with van der Waals surface area (Å²) in [5.41, 5.74) is -0.0582. The first kappa shape index (κ1) is 20.6. The number of hydrogen-bond acceptors (Lipinski definition) is 6. The van der Waals surface area contributed by atoms with Crippen LogP contribution in [0.3, 0.4) is 0 Å². The lowest BCUT2D eigenvalue weighted by Gasteiger charge is -2.15. The second-order valence-corrected chi connectivity index (χ2v) is 6.32. The number of nitrogens with zero attached hydrogens (tertiary/aromatic N) is 3. The summed E-state index contributed by atoms with van der Waals surface area (Å²) in [5.74, 6) is -0.998. The van der Waals surface area contributed by atoms with Crippen LogP contribution in [0.25, 0.3) is 11.3 Å². The van der Waals surface area contributed by atoms with Gasteiger partial charge in [0.1, 0.15) is 11.8 Å². The number of nitrogens with one attached hydrogen (secondary N) is 1. The van der Waals surface area contributed by atoms with Crippen molar-refractivity contribution in [2.24, 2.45) is 0 Å². The molecule has 0 aliphatic rings. The number of halogens is 1. The van der Waals surface area contributed by atoms with E-state index in [0.717, 1.165) is 16.8 Å². The summed E-state index contributed by atoms with van der Waals surface area (Å²) >= 11 is 0. The Balaban J connectivity index is 1.86. The molecule has 0 spiro atoms. The minimum Gasteiger partial charge on any atom is -0.497 e. The van der Waals surface area contributed by atoms with Gasteiger partial charge in [-0.3, -0.25) is 19.7 Å². The monoisotopic (exact) mass is 412 g/mol. The first-order valence-corrected chi connectivity index (χ1v) is 8.79. The van der Waals surface area contributed by atoms with Crippen LogP contribution in [0.4, 0.5) is 15.8 Å². The first-order chi connectivity index (χ1) is 14.3. The number of amides is 1. The van der Waals surface area contributed by atoms with Gasteiger partial charge in [0.15, 0.2) is 0 Å². The average Bonchev–Trinajstić information content (AvgIpc) is 2.74. The fourth-order valence-electron chi connectivity index (χ4n) is 2.71. The highest BCUT2D eigenvalue weighted by atomic mass is 19.1. The maximum absolute atomic E-state index is 13.5. The van der Waals surface area contributed by atoms with Gasteiger partial charge in [0.2, 0.25) is 11.7 Å². The molecular formula is C20H17FN4O5. The minimum atomic E-state index is -1.03. The molecule has 9 nitrogen and oxygen atoms in total. The van der Waals surface area contributed by atoms with Gasteiger partial charge in [0, 0.05) is 23.4 Å². The van der Waals surface area contributed by atoms with Crippen LogP contribution in [-0.2, 0) is 4.79 Å². The summed E-state index contributed by atoms with van der Waals surface area (Å²) in [4.78, 5) is 34.8. The van der Waals surface area contributed by atoms with Gasteiger partial charge >= 0.3 is 5.69 Å². The van der Waals surface area contributed by atoms with Crippen molar-refractivity contribution in [1.29, 1.82) is 0 Å². The number of rotatable bonds is 6. The Kier molecular flexibility index (Phi) is 5.86. The predicted octanol–water partition coefficient (Wildman–Crippen LogP) is 3.17. The van der Waals surface area contributed by atoms with E-state index in [1.54, 1.807) is 31.4 Å². The van der Waals surface area contributed by atoms with E-state index in [1.165, 1.54) is 25.1 Å². The molecule has 1 unspecified atom stereocenters. The third kappa shape index (κ3) is 4.32. The van der Waals surface area contributed by atoms with Gasteiger partial charge < -0.3 is 10.1 Å². The molecule has 1 aromatic heterocycles. The number of hydrogen-bond donors (Lipinski definition) is 1. The van der Waals surface area contributed by atoms with E-state index >= 15 is 0 Å². The molecule has 1 amide bonds. The molecule has 30 heavy (non-hydrogen) atoms. The van der Waals surface area contributed by atoms with Crippen LogP contribution in [0.5, 0.6) is 5.75 Å². The number of carbonyl (C=O) groups is 1. The van der Waals surface area contributed by atoms with Crippen molar-refractivity contribution in [3.05, 3.63) is 80.9 Å². The summed E-state index contributed by atoms with van der Waals surface area (Å²) < 4.78 is 19.6. The van der Waals surface area contributed by atoms with Gasteiger partial charge in [0.25, 0.3) is 5.56 Å². The zero-order valence-corrected chi connectivity index (χ0v) is 16.0. The van der Waals surface area contributed by atoms with E-state index in [9.17, 15) is 24.1 Å². The number of nitro groups is 1. The maximum atomic E-state index is 13.5. The van der Waals surface area contributed by atoms with E-state index < -0.39 is 33.9 Å². The van der Waals surface area contributed by atoms with Crippen molar-refractivity contribution in [2.75, 3.05) is 12.4 Å². The fourth-order valence-corrected chi connectivity index (χ4v) is 2.71. The molecule has 0 aliphatic carbocycles. The number of carbonyl (C=O) groups excluding carboxylic acids is 1. The smallest absolute Gasteiger partial charge is 0.306 e. The molecule has 0 saturated heterocycles. The molecule has 3 rings (SSSR count). The van der Waals surface area contributed by atoms with Crippen LogP contribution >= 0.6 is 0 Å². The van der Waals surface area contributed by atoms with Crippen LogP contribution < -0.4 is 15.6 Å². The molecule has 3 aromatic rings. The van der Waals surface area contributed by atoms with Crippen LogP contribution in [0.15, 0.2) is 59.4 Å². The van der Waals surface area contributed by atoms with Gasteiger partial charge in [-0.05, 0) is 49.4 Å². The van der Waals surface area contributed by atoms with E-state index in [2.05, 4.69) is 10.4 Å². The van der Waals surface area contributed by atoms with Gasteiger partial charge in [-0.15, -0.1) is 0 Å². The lowest BCUT2D eigenvalue weighted by molar-refractivity contribution is -0.387. The summed E-state index contributed by atoms with van der Waals surface area (Å²) in [6, 6.07) is 11.8. The first-order valence-electron chi connectivity index (χ1n) is 8.79. The average molecular weight is 412 g/mol. The largest absolute Gasteiger partial charge is 0.497 e. The highest BCUT2D eigenvalue weighted by Gasteiger charge is 2.20. The molecule has 0 aliphatic heterocycles. The third-order valence-corrected chi connectivity index (χ3v) is 4.37. The maximum Gasteiger partial charge on any atom is 0.306 e. The van der Waals surface area contributed by atoms with Crippen LogP contribution in [0.1, 0.15) is 13.0 Å². The van der Waals surface area contributed by atoms with E-state index in [1.807, 2.05) is 0 Å². The minimum absolute atomic E-state index is 0.0271. The standard InChI is InChI=1S/C20H17FN4O5/c1-12(20(27)22-14-5-8-16(21)18(11-14)25(28)29)24-19(26)10-9-17(23-24)13-3-6-15(30-2)7-4-13/h3-12H,1-2H3,(H,22,27). The molecule has 1 N–H and O–H groups in total. The van der Waals surface area contributed by atoms with Crippen molar-refractivity contribution in [3.63, 3.8) is 0 Å². The Bertz CT molecular complexity index is 1160. The van der Waals surface area contributed by atoms with E-state index in [0.29, 0.717) is 17.0 Å². The number of methoxy groups -OCH3 is 1. The van der Waals surface area contributed by atoms with Crippen molar-refractivity contribution in [1.82, 2.24) is 9.78 Å². The number of nitro benzene ring substituents is 1. The fraction of sp³-hybridized carbons (Fsp3) is 0.150. The molecule has 0 saturated carbocycles. The summed E-state index contributed by atoms with van der Waals surface area (Å²) in [6.07, 6.45) is 0. The lowest BCUT2D eigenvalue weighted by Crippen LogP contribution is -2.33. The Morgan fingerprint density at radius 2 is 1.90 bits per heavy atom. The number of ether oxygens (including phenoxy) is 1. The number of aromatic nitrogens is 2. The summed E-state index contributed by atoms with van der Waals surface area (Å²) in [5, 5.41) is 17.6. The second-order valence-electron chi connectivity index (χ2n) is 6.32. The zero-order chi connectivity index (χ0) is 21.8. The molecule has 2 aromatic carbocycles. The second kappa shape index (κ2) is 8.52. The Labute approximate surface area is 169 Å². The quantitative estimate of drug-likeness (QED) is 0.491. The van der Waals surface area contributed by atoms with Crippen molar-refractivity contribution in [3.8, 4) is 17.0 Å². The number of anilines is 1. The molecule has 0 bridgehead atoms. The molecular weight excluding hydrogens is 395 g/mol. The Morgan fingerprint density at radius 1 is 1.20 bits per heavy atom. The zero-order valence-electron chi connectivity index (χ0n) is 16.0. The van der Waals surface area contributed by atoms with Crippen LogP contribution in [0, 0.1) is 15.9 Å². The topological polar surface area (TPSA) is 116 Å². The van der Waals surface area contributed by atoms with Crippen molar-refractivity contribution < 1.29 is 18.8 Å².